The molecule has 0 radical (unpaired) electrons. The number of hydrogen-bond donors (Lipinski definition) is 1. The van der Waals surface area contributed by atoms with Crippen LogP contribution in [0.3, 0.4) is 0 Å². The van der Waals surface area contributed by atoms with Gasteiger partial charge in [-0.3, -0.25) is 4.72 Å². The predicted octanol–water partition coefficient (Wildman–Crippen LogP) is 2.94. The van der Waals surface area contributed by atoms with E-state index in [2.05, 4.69) is 35.7 Å². The van der Waals surface area contributed by atoms with Gasteiger partial charge in [-0.2, -0.15) is 0 Å². The Labute approximate surface area is 134 Å². The number of nitrogens with zero attached hydrogens (tertiary/aromatic N) is 2. The molecule has 0 atom stereocenters. The lowest BCUT2D eigenvalue weighted by atomic mass is 9.93. The smallest absolute Gasteiger partial charge is 0.263 e. The molecule has 1 aromatic heterocycles. The molecule has 6 nitrogen and oxygen atoms in total. The average molecular weight is 341 g/mol. The second kappa shape index (κ2) is 6.21. The topological polar surface area (TPSA) is 81.2 Å². The van der Waals surface area contributed by atoms with Crippen LogP contribution in [0, 0.1) is 5.41 Å². The molecule has 120 valence electrons. The number of hydrogen-bond acceptors (Lipinski definition) is 6. The van der Waals surface area contributed by atoms with Gasteiger partial charge in [0.1, 0.15) is 10.8 Å². The van der Waals surface area contributed by atoms with E-state index in [0.717, 1.165) is 11.4 Å². The van der Waals surface area contributed by atoms with Crippen molar-refractivity contribution >= 4 is 26.5 Å². The second-order valence-corrected chi connectivity index (χ2v) is 8.76. The van der Waals surface area contributed by atoms with Gasteiger partial charge < -0.3 is 4.74 Å². The monoisotopic (exact) mass is 341 g/mol. The molecule has 0 unspecified atom stereocenters. The number of anilines is 1. The molecule has 0 aliphatic heterocycles. The van der Waals surface area contributed by atoms with Gasteiger partial charge in [0.15, 0.2) is 0 Å². The van der Waals surface area contributed by atoms with Crippen molar-refractivity contribution in [3.8, 4) is 5.75 Å². The summed E-state index contributed by atoms with van der Waals surface area (Å²) in [5.74, 6) is 0.599. The fourth-order valence-electron chi connectivity index (χ4n) is 1.75. The number of sulfonamides is 1. The van der Waals surface area contributed by atoms with E-state index in [1.807, 2.05) is 0 Å². The van der Waals surface area contributed by atoms with Crippen molar-refractivity contribution in [2.75, 3.05) is 11.8 Å². The molecule has 1 aromatic carbocycles. The van der Waals surface area contributed by atoms with Crippen molar-refractivity contribution in [2.45, 2.75) is 32.1 Å². The van der Waals surface area contributed by atoms with Gasteiger partial charge in [0.05, 0.1) is 12.0 Å². The van der Waals surface area contributed by atoms with E-state index in [1.165, 1.54) is 30.6 Å². The van der Waals surface area contributed by atoms with Crippen molar-refractivity contribution in [2.24, 2.45) is 5.41 Å². The van der Waals surface area contributed by atoms with Crippen LogP contribution in [-0.4, -0.2) is 25.7 Å². The van der Waals surface area contributed by atoms with Gasteiger partial charge in [0, 0.05) is 6.42 Å². The minimum atomic E-state index is -3.67. The summed E-state index contributed by atoms with van der Waals surface area (Å²) >= 11 is 1.25. The quantitative estimate of drug-likeness (QED) is 0.904. The summed E-state index contributed by atoms with van der Waals surface area (Å²) in [6, 6.07) is 6.16. The second-order valence-electron chi connectivity index (χ2n) is 6.02. The largest absolute Gasteiger partial charge is 0.497 e. The Kier molecular flexibility index (Phi) is 4.72. The Bertz CT molecular complexity index is 731. The molecule has 1 N–H and O–H groups in total. The molecule has 1 heterocycles. The molecule has 2 aromatic rings. The highest BCUT2D eigenvalue weighted by Crippen LogP contribution is 2.26. The number of benzene rings is 1. The molecule has 0 fully saturated rings. The first kappa shape index (κ1) is 16.7. The molecule has 0 aliphatic rings. The van der Waals surface area contributed by atoms with Gasteiger partial charge in [0.25, 0.3) is 10.0 Å². The number of aromatic nitrogens is 2. The summed E-state index contributed by atoms with van der Waals surface area (Å²) < 4.78 is 32.0. The Balaban J connectivity index is 2.14. The molecule has 2 rings (SSSR count). The molecule has 0 saturated carbocycles. The third-order valence-corrected chi connectivity index (χ3v) is 5.06. The first-order chi connectivity index (χ1) is 10.2. The number of ether oxygens (including phenoxy) is 1. The summed E-state index contributed by atoms with van der Waals surface area (Å²) in [5.41, 5.74) is 0.0751. The van der Waals surface area contributed by atoms with Crippen molar-refractivity contribution in [1.29, 1.82) is 0 Å². The van der Waals surface area contributed by atoms with Gasteiger partial charge in [0.2, 0.25) is 5.13 Å². The molecule has 0 saturated heterocycles. The van der Waals surface area contributed by atoms with Crippen LogP contribution in [0.15, 0.2) is 29.2 Å². The van der Waals surface area contributed by atoms with Crippen LogP contribution in [0.1, 0.15) is 25.8 Å². The van der Waals surface area contributed by atoms with Crippen molar-refractivity contribution in [1.82, 2.24) is 10.2 Å². The van der Waals surface area contributed by atoms with E-state index in [0.29, 0.717) is 5.75 Å². The molecule has 0 aliphatic carbocycles. The van der Waals surface area contributed by atoms with Gasteiger partial charge in [-0.25, -0.2) is 8.42 Å². The highest BCUT2D eigenvalue weighted by Gasteiger charge is 2.19. The van der Waals surface area contributed by atoms with Crippen molar-refractivity contribution in [3.05, 3.63) is 29.3 Å². The van der Waals surface area contributed by atoms with E-state index in [1.54, 1.807) is 12.1 Å². The van der Waals surface area contributed by atoms with Crippen LogP contribution in [0.4, 0.5) is 5.13 Å². The van der Waals surface area contributed by atoms with Crippen LogP contribution in [-0.2, 0) is 16.4 Å². The minimum Gasteiger partial charge on any atom is -0.497 e. The van der Waals surface area contributed by atoms with Crippen LogP contribution in [0.5, 0.6) is 5.75 Å². The Morgan fingerprint density at radius 2 is 1.82 bits per heavy atom. The van der Waals surface area contributed by atoms with E-state index < -0.39 is 10.0 Å². The maximum absolute atomic E-state index is 12.3. The summed E-state index contributed by atoms with van der Waals surface area (Å²) in [5, 5.41) is 9.01. The van der Waals surface area contributed by atoms with Crippen LogP contribution >= 0.6 is 11.3 Å². The fourth-order valence-corrected chi connectivity index (χ4v) is 4.02. The summed E-state index contributed by atoms with van der Waals surface area (Å²) in [7, 11) is -2.14. The third-order valence-electron chi connectivity index (χ3n) is 2.74. The number of methoxy groups -OCH3 is 1. The molecule has 0 amide bonds. The highest BCUT2D eigenvalue weighted by molar-refractivity contribution is 7.93. The van der Waals surface area contributed by atoms with E-state index >= 15 is 0 Å². The Hall–Kier alpha value is -1.67. The normalized spacial score (nSPS) is 12.2. The van der Waals surface area contributed by atoms with Crippen LogP contribution < -0.4 is 9.46 Å². The fraction of sp³-hybridized carbons (Fsp3) is 0.429. The molecule has 0 spiro atoms. The summed E-state index contributed by atoms with van der Waals surface area (Å²) in [6.07, 6.45) is 0.745. The lowest BCUT2D eigenvalue weighted by molar-refractivity contribution is 0.409. The summed E-state index contributed by atoms with van der Waals surface area (Å²) in [6.45, 7) is 6.28. The van der Waals surface area contributed by atoms with Gasteiger partial charge >= 0.3 is 0 Å². The zero-order chi connectivity index (χ0) is 16.4. The maximum atomic E-state index is 12.3. The number of rotatable bonds is 5. The zero-order valence-corrected chi connectivity index (χ0v) is 14.6. The van der Waals surface area contributed by atoms with E-state index in [-0.39, 0.29) is 15.4 Å². The predicted molar refractivity (Wildman–Crippen MR) is 86.9 cm³/mol. The molecular weight excluding hydrogens is 322 g/mol. The van der Waals surface area contributed by atoms with E-state index in [4.69, 9.17) is 4.74 Å². The standard InChI is InChI=1S/C14H19N3O3S2/c1-14(2,3)9-12-15-16-13(21-12)17-22(18,19)11-7-5-10(20-4)6-8-11/h5-8H,9H2,1-4H3,(H,16,17). The van der Waals surface area contributed by atoms with Crippen molar-refractivity contribution in [3.63, 3.8) is 0 Å². The molecule has 22 heavy (non-hydrogen) atoms. The lowest BCUT2D eigenvalue weighted by Crippen LogP contribution is -2.12. The third kappa shape index (κ3) is 4.41. The SMILES string of the molecule is COc1ccc(S(=O)(=O)Nc2nnc(CC(C)(C)C)s2)cc1. The first-order valence-electron chi connectivity index (χ1n) is 6.69. The van der Waals surface area contributed by atoms with Crippen molar-refractivity contribution < 1.29 is 13.2 Å². The van der Waals surface area contributed by atoms with Crippen LogP contribution in [0.25, 0.3) is 0 Å². The molecular formula is C14H19N3O3S2. The summed E-state index contributed by atoms with van der Waals surface area (Å²) in [4.78, 5) is 0.154. The minimum absolute atomic E-state index is 0.0751. The number of nitrogens with one attached hydrogen (secondary N) is 1. The average Bonchev–Trinajstić information content (AvgIpc) is 2.83. The molecule has 0 bridgehead atoms. The maximum Gasteiger partial charge on any atom is 0.263 e. The van der Waals surface area contributed by atoms with E-state index in [9.17, 15) is 8.42 Å². The van der Waals surface area contributed by atoms with Gasteiger partial charge in [-0.15, -0.1) is 10.2 Å². The highest BCUT2D eigenvalue weighted by atomic mass is 32.2. The zero-order valence-electron chi connectivity index (χ0n) is 13.0. The first-order valence-corrected chi connectivity index (χ1v) is 8.99. The molecule has 8 heteroatoms. The Morgan fingerprint density at radius 1 is 1.18 bits per heavy atom. The Morgan fingerprint density at radius 3 is 2.36 bits per heavy atom. The lowest BCUT2D eigenvalue weighted by Gasteiger charge is -2.14. The van der Waals surface area contributed by atoms with Gasteiger partial charge in [-0.05, 0) is 29.7 Å². The van der Waals surface area contributed by atoms with Gasteiger partial charge in [-0.1, -0.05) is 32.1 Å². The van der Waals surface area contributed by atoms with Crippen LogP contribution in [0.2, 0.25) is 0 Å².